The molecule has 9 heteroatoms. The Labute approximate surface area is 180 Å². The predicted molar refractivity (Wildman–Crippen MR) is 118 cm³/mol. The highest BCUT2D eigenvalue weighted by molar-refractivity contribution is 6.06. The van der Waals surface area contributed by atoms with Crippen LogP contribution in [0.15, 0.2) is 42.5 Å². The summed E-state index contributed by atoms with van der Waals surface area (Å²) in [4.78, 5) is 35.9. The molecule has 0 saturated heterocycles. The van der Waals surface area contributed by atoms with Crippen molar-refractivity contribution in [3.05, 3.63) is 59.2 Å². The van der Waals surface area contributed by atoms with Crippen molar-refractivity contribution in [3.8, 4) is 5.75 Å². The van der Waals surface area contributed by atoms with Crippen LogP contribution >= 0.6 is 0 Å². The van der Waals surface area contributed by atoms with Gasteiger partial charge in [0, 0.05) is 23.4 Å². The number of hydrogen-bond acceptors (Lipinski definition) is 6. The molecule has 9 nitrogen and oxygen atoms in total. The summed E-state index contributed by atoms with van der Waals surface area (Å²) >= 11 is 0. The second-order valence-electron chi connectivity index (χ2n) is 6.93. The molecule has 0 radical (unpaired) electrons. The molecule has 0 fully saturated rings. The van der Waals surface area contributed by atoms with E-state index in [0.29, 0.717) is 18.7 Å². The van der Waals surface area contributed by atoms with Crippen LogP contribution in [0.25, 0.3) is 0 Å². The van der Waals surface area contributed by atoms with Crippen molar-refractivity contribution in [2.75, 3.05) is 31.5 Å². The number of nitrogens with two attached hydrogens (primary N) is 1. The van der Waals surface area contributed by atoms with Crippen LogP contribution in [0.4, 0.5) is 5.69 Å². The van der Waals surface area contributed by atoms with E-state index in [1.165, 1.54) is 18.2 Å². The van der Waals surface area contributed by atoms with E-state index in [-0.39, 0.29) is 22.7 Å². The molecule has 7 N–H and O–H groups in total. The first-order chi connectivity index (χ1) is 14.9. The molecule has 0 bridgehead atoms. The number of benzene rings is 2. The van der Waals surface area contributed by atoms with E-state index < -0.39 is 17.6 Å². The minimum atomic E-state index is -1.31. The van der Waals surface area contributed by atoms with Crippen molar-refractivity contribution >= 4 is 23.5 Å². The molecule has 0 unspecified atom stereocenters. The van der Waals surface area contributed by atoms with Gasteiger partial charge in [0.25, 0.3) is 11.8 Å². The Hall–Kier alpha value is -3.43. The molecule has 0 aliphatic heterocycles. The fourth-order valence-corrected chi connectivity index (χ4v) is 2.82. The Morgan fingerprint density at radius 1 is 0.871 bits per heavy atom. The molecule has 0 heterocycles. The van der Waals surface area contributed by atoms with Crippen LogP contribution in [-0.2, 0) is 0 Å². The zero-order valence-corrected chi connectivity index (χ0v) is 17.2. The number of aromatic carboxylic acids is 1. The third-order valence-electron chi connectivity index (χ3n) is 4.50. The first-order valence-electron chi connectivity index (χ1n) is 10.1. The maximum atomic E-state index is 12.5. The van der Waals surface area contributed by atoms with Gasteiger partial charge in [0.15, 0.2) is 0 Å². The Kier molecular flexibility index (Phi) is 9.47. The van der Waals surface area contributed by atoms with Crippen LogP contribution in [0.3, 0.4) is 0 Å². The van der Waals surface area contributed by atoms with Gasteiger partial charge >= 0.3 is 5.97 Å². The maximum Gasteiger partial charge on any atom is 0.339 e. The van der Waals surface area contributed by atoms with Crippen molar-refractivity contribution in [2.24, 2.45) is 5.73 Å². The van der Waals surface area contributed by atoms with Crippen LogP contribution in [-0.4, -0.2) is 54.2 Å². The topological polar surface area (TPSA) is 154 Å². The van der Waals surface area contributed by atoms with Crippen molar-refractivity contribution in [1.82, 2.24) is 10.6 Å². The average molecular weight is 428 g/mol. The highest BCUT2D eigenvalue weighted by Crippen LogP contribution is 2.22. The highest BCUT2D eigenvalue weighted by Gasteiger charge is 2.14. The molecule has 0 aliphatic rings. The number of carboxylic acid groups (broad SMARTS) is 1. The number of carbonyl (C=O) groups excluding carboxylic acids is 2. The zero-order chi connectivity index (χ0) is 22.6. The molecule has 0 atom stereocenters. The number of amides is 2. The molecule has 0 saturated carbocycles. The lowest BCUT2D eigenvalue weighted by Gasteiger charge is -2.09. The van der Waals surface area contributed by atoms with Crippen molar-refractivity contribution in [3.63, 3.8) is 0 Å². The van der Waals surface area contributed by atoms with Gasteiger partial charge in [-0.3, -0.25) is 9.59 Å². The van der Waals surface area contributed by atoms with Gasteiger partial charge in [-0.25, -0.2) is 4.79 Å². The number of rotatable bonds is 12. The molecule has 31 heavy (non-hydrogen) atoms. The molecule has 2 amide bonds. The second-order valence-corrected chi connectivity index (χ2v) is 6.93. The van der Waals surface area contributed by atoms with Gasteiger partial charge in [-0.15, -0.1) is 0 Å². The third kappa shape index (κ3) is 7.72. The van der Waals surface area contributed by atoms with Crippen LogP contribution in [0, 0.1) is 0 Å². The second kappa shape index (κ2) is 12.3. The van der Waals surface area contributed by atoms with Gasteiger partial charge < -0.3 is 31.9 Å². The number of hydrogen-bond donors (Lipinski definition) is 6. The van der Waals surface area contributed by atoms with Crippen LogP contribution in [0.5, 0.6) is 5.75 Å². The average Bonchev–Trinajstić information content (AvgIpc) is 2.76. The van der Waals surface area contributed by atoms with E-state index in [2.05, 4.69) is 16.0 Å². The van der Waals surface area contributed by atoms with Crippen molar-refractivity contribution in [2.45, 2.75) is 19.3 Å². The highest BCUT2D eigenvalue weighted by atomic mass is 16.4. The van der Waals surface area contributed by atoms with Gasteiger partial charge in [0.2, 0.25) is 0 Å². The van der Waals surface area contributed by atoms with Crippen molar-refractivity contribution < 1.29 is 24.6 Å². The first kappa shape index (κ1) is 23.8. The fraction of sp³-hybridized carbons (Fsp3) is 0.318. The lowest BCUT2D eigenvalue weighted by Crippen LogP contribution is -2.26. The number of nitrogens with one attached hydrogen (secondary N) is 3. The number of anilines is 1. The van der Waals surface area contributed by atoms with Gasteiger partial charge in [0.1, 0.15) is 11.3 Å². The summed E-state index contributed by atoms with van der Waals surface area (Å²) in [6.07, 6.45) is 2.70. The molecular formula is C22H28N4O5. The third-order valence-corrected chi connectivity index (χ3v) is 4.50. The smallest absolute Gasteiger partial charge is 0.339 e. The van der Waals surface area contributed by atoms with Crippen molar-refractivity contribution in [1.29, 1.82) is 0 Å². The molecule has 2 rings (SSSR count). The monoisotopic (exact) mass is 428 g/mol. The molecule has 0 aliphatic carbocycles. The predicted octanol–water partition coefficient (Wildman–Crippen LogP) is 1.79. The largest absolute Gasteiger partial charge is 0.507 e. The number of phenols is 1. The summed E-state index contributed by atoms with van der Waals surface area (Å²) in [6.45, 7) is 2.95. The van der Waals surface area contributed by atoms with Gasteiger partial charge in [-0.2, -0.15) is 0 Å². The Balaban J connectivity index is 1.88. The fourth-order valence-electron chi connectivity index (χ4n) is 2.82. The molecular weight excluding hydrogens is 400 g/mol. The minimum absolute atomic E-state index is 0.218. The summed E-state index contributed by atoms with van der Waals surface area (Å²) in [7, 11) is 0. The van der Waals surface area contributed by atoms with E-state index in [1.807, 2.05) is 0 Å². The van der Waals surface area contributed by atoms with Crippen LogP contribution in [0.2, 0.25) is 0 Å². The van der Waals surface area contributed by atoms with Crippen LogP contribution < -0.4 is 21.7 Å². The molecule has 2 aromatic carbocycles. The summed E-state index contributed by atoms with van der Waals surface area (Å²) < 4.78 is 0. The summed E-state index contributed by atoms with van der Waals surface area (Å²) in [5.74, 6) is -2.47. The lowest BCUT2D eigenvalue weighted by atomic mass is 10.1. The number of carbonyl (C=O) groups is 3. The van der Waals surface area contributed by atoms with E-state index in [4.69, 9.17) is 10.8 Å². The molecule has 166 valence electrons. The maximum absolute atomic E-state index is 12.5. The van der Waals surface area contributed by atoms with Gasteiger partial charge in [-0.1, -0.05) is 6.07 Å². The normalized spacial score (nSPS) is 10.5. The quantitative estimate of drug-likeness (QED) is 0.222. The lowest BCUT2D eigenvalue weighted by molar-refractivity contribution is 0.0693. The van der Waals surface area contributed by atoms with E-state index in [9.17, 15) is 19.5 Å². The molecule has 2 aromatic rings. The zero-order valence-electron chi connectivity index (χ0n) is 17.2. The van der Waals surface area contributed by atoms with E-state index >= 15 is 0 Å². The first-order valence-corrected chi connectivity index (χ1v) is 10.1. The van der Waals surface area contributed by atoms with Crippen LogP contribution in [0.1, 0.15) is 50.3 Å². The number of unbranched alkanes of at least 4 members (excludes halogenated alkanes) is 1. The molecule has 0 spiro atoms. The summed E-state index contributed by atoms with van der Waals surface area (Å²) in [6, 6.07) is 9.98. The summed E-state index contributed by atoms with van der Waals surface area (Å²) in [5, 5.41) is 27.3. The van der Waals surface area contributed by atoms with E-state index in [1.54, 1.807) is 18.2 Å². The Morgan fingerprint density at radius 3 is 2.26 bits per heavy atom. The number of aromatic hydroxyl groups is 1. The SMILES string of the molecule is NCCCNCCCCNC(=O)c1cccc(C(=O)Nc2ccc(O)c(C(=O)O)c2)c1. The molecule has 0 aromatic heterocycles. The Bertz CT molecular complexity index is 917. The minimum Gasteiger partial charge on any atom is -0.507 e. The number of carboxylic acids is 1. The van der Waals surface area contributed by atoms with E-state index in [0.717, 1.165) is 38.4 Å². The standard InChI is InChI=1S/C22H28N4O5/c23-9-4-11-24-10-1-2-12-25-20(28)15-5-3-6-16(13-15)21(29)26-17-7-8-19(27)18(14-17)22(30)31/h3,5-8,13-14,24,27H,1-2,4,9-12,23H2,(H,25,28)(H,26,29)(H,30,31). The van der Waals surface area contributed by atoms with Gasteiger partial charge in [0.05, 0.1) is 0 Å². The Morgan fingerprint density at radius 2 is 1.55 bits per heavy atom. The van der Waals surface area contributed by atoms with Gasteiger partial charge in [-0.05, 0) is 75.3 Å². The summed E-state index contributed by atoms with van der Waals surface area (Å²) in [5.41, 5.74) is 5.93.